The molecule has 0 nitrogen and oxygen atoms in total. The second-order valence-electron chi connectivity index (χ2n) is 3.83. The third-order valence-electron chi connectivity index (χ3n) is 2.86. The quantitative estimate of drug-likeness (QED) is 0.638. The Bertz CT molecular complexity index is 486. The van der Waals surface area contributed by atoms with E-state index in [1.54, 1.807) is 0 Å². The van der Waals surface area contributed by atoms with E-state index in [0.717, 1.165) is 0 Å². The van der Waals surface area contributed by atoms with Crippen molar-refractivity contribution < 1.29 is 0 Å². The predicted octanol–water partition coefficient (Wildman–Crippen LogP) is 3.47. The number of hydrogen-bond donors (Lipinski definition) is 0. The number of benzene rings is 2. The van der Waals surface area contributed by atoms with Crippen LogP contribution in [0.25, 0.3) is 11.1 Å². The van der Waals surface area contributed by atoms with E-state index < -0.39 is 0 Å². The van der Waals surface area contributed by atoms with Crippen molar-refractivity contribution in [1.29, 1.82) is 0 Å². The SMILES string of the molecule is Cc1cccc(-c2ccccc2P)c1C. The highest BCUT2D eigenvalue weighted by atomic mass is 31.0. The van der Waals surface area contributed by atoms with Crippen LogP contribution in [0.3, 0.4) is 0 Å². The van der Waals surface area contributed by atoms with Crippen molar-refractivity contribution >= 4 is 14.5 Å². The summed E-state index contributed by atoms with van der Waals surface area (Å²) in [7, 11) is 2.80. The molecular weight excluding hydrogens is 199 g/mol. The first-order chi connectivity index (χ1) is 7.20. The van der Waals surface area contributed by atoms with Crippen LogP contribution in [0.15, 0.2) is 42.5 Å². The minimum absolute atomic E-state index is 1.26. The minimum atomic E-state index is 1.26. The first-order valence-corrected chi connectivity index (χ1v) is 5.69. The molecule has 1 unspecified atom stereocenters. The molecule has 2 rings (SSSR count). The zero-order valence-electron chi connectivity index (χ0n) is 9.12. The first-order valence-electron chi connectivity index (χ1n) is 5.11. The average molecular weight is 214 g/mol. The van der Waals surface area contributed by atoms with E-state index in [0.29, 0.717) is 0 Å². The Balaban J connectivity index is 2.65. The minimum Gasteiger partial charge on any atom is -0.105 e. The third kappa shape index (κ3) is 1.96. The average Bonchev–Trinajstić information content (AvgIpc) is 2.23. The molecule has 0 aromatic heterocycles. The predicted molar refractivity (Wildman–Crippen MR) is 70.7 cm³/mol. The van der Waals surface area contributed by atoms with Crippen molar-refractivity contribution in [2.24, 2.45) is 0 Å². The molecule has 1 atom stereocenters. The number of aryl methyl sites for hydroxylation is 1. The zero-order chi connectivity index (χ0) is 10.8. The molecule has 0 aliphatic carbocycles. The topological polar surface area (TPSA) is 0 Å². The maximum absolute atomic E-state index is 2.80. The van der Waals surface area contributed by atoms with Crippen LogP contribution in [-0.2, 0) is 0 Å². The highest BCUT2D eigenvalue weighted by molar-refractivity contribution is 7.28. The lowest BCUT2D eigenvalue weighted by molar-refractivity contribution is 1.34. The van der Waals surface area contributed by atoms with E-state index in [9.17, 15) is 0 Å². The molecule has 15 heavy (non-hydrogen) atoms. The Morgan fingerprint density at radius 3 is 2.20 bits per heavy atom. The summed E-state index contributed by atoms with van der Waals surface area (Å²) >= 11 is 0. The fourth-order valence-corrected chi connectivity index (χ4v) is 2.15. The molecule has 0 radical (unpaired) electrons. The Kier molecular flexibility index (Phi) is 2.88. The number of hydrogen-bond acceptors (Lipinski definition) is 0. The normalized spacial score (nSPS) is 10.3. The molecule has 0 fully saturated rings. The summed E-state index contributed by atoms with van der Waals surface area (Å²) in [4.78, 5) is 0. The van der Waals surface area contributed by atoms with Crippen molar-refractivity contribution in [3.05, 3.63) is 53.6 Å². The fourth-order valence-electron chi connectivity index (χ4n) is 1.79. The monoisotopic (exact) mass is 214 g/mol. The van der Waals surface area contributed by atoms with Gasteiger partial charge in [0.15, 0.2) is 0 Å². The summed E-state index contributed by atoms with van der Waals surface area (Å²) in [5, 5.41) is 1.26. The Labute approximate surface area is 93.5 Å². The molecule has 2 aromatic carbocycles. The lowest BCUT2D eigenvalue weighted by Gasteiger charge is -2.10. The summed E-state index contributed by atoms with van der Waals surface area (Å²) in [6.07, 6.45) is 0. The summed E-state index contributed by atoms with van der Waals surface area (Å²) < 4.78 is 0. The largest absolute Gasteiger partial charge is 0.105 e. The van der Waals surface area contributed by atoms with Gasteiger partial charge in [-0.25, -0.2) is 0 Å². The molecule has 1 heteroatoms. The van der Waals surface area contributed by atoms with Crippen LogP contribution in [0.2, 0.25) is 0 Å². The van der Waals surface area contributed by atoms with E-state index in [1.807, 2.05) is 0 Å². The van der Waals surface area contributed by atoms with Crippen LogP contribution in [0, 0.1) is 13.8 Å². The van der Waals surface area contributed by atoms with Gasteiger partial charge in [-0.3, -0.25) is 0 Å². The van der Waals surface area contributed by atoms with Gasteiger partial charge in [0.05, 0.1) is 0 Å². The van der Waals surface area contributed by atoms with Gasteiger partial charge in [-0.1, -0.05) is 42.5 Å². The second-order valence-corrected chi connectivity index (χ2v) is 4.46. The molecule has 0 heterocycles. The Morgan fingerprint density at radius 2 is 1.47 bits per heavy atom. The van der Waals surface area contributed by atoms with Gasteiger partial charge in [-0.05, 0) is 41.4 Å². The van der Waals surface area contributed by atoms with Crippen molar-refractivity contribution in [3.63, 3.8) is 0 Å². The molecule has 0 bridgehead atoms. The van der Waals surface area contributed by atoms with Gasteiger partial charge in [-0.15, -0.1) is 9.24 Å². The summed E-state index contributed by atoms with van der Waals surface area (Å²) in [6.45, 7) is 4.34. The molecule has 0 amide bonds. The van der Waals surface area contributed by atoms with Crippen molar-refractivity contribution in [2.45, 2.75) is 13.8 Å². The second kappa shape index (κ2) is 4.16. The Hall–Kier alpha value is -1.13. The molecule has 0 saturated heterocycles. The summed E-state index contributed by atoms with van der Waals surface area (Å²) in [6, 6.07) is 14.9. The molecule has 0 aliphatic rings. The van der Waals surface area contributed by atoms with Crippen LogP contribution in [0.1, 0.15) is 11.1 Å². The molecule has 0 aliphatic heterocycles. The summed E-state index contributed by atoms with van der Waals surface area (Å²) in [5.74, 6) is 0. The van der Waals surface area contributed by atoms with E-state index in [-0.39, 0.29) is 0 Å². The van der Waals surface area contributed by atoms with Crippen LogP contribution < -0.4 is 5.30 Å². The van der Waals surface area contributed by atoms with E-state index in [1.165, 1.54) is 27.6 Å². The van der Waals surface area contributed by atoms with Gasteiger partial charge in [0.25, 0.3) is 0 Å². The lowest BCUT2D eigenvalue weighted by atomic mass is 9.97. The van der Waals surface area contributed by atoms with Crippen molar-refractivity contribution in [3.8, 4) is 11.1 Å². The highest BCUT2D eigenvalue weighted by Crippen LogP contribution is 2.24. The van der Waals surface area contributed by atoms with Crippen LogP contribution >= 0.6 is 9.24 Å². The Morgan fingerprint density at radius 1 is 0.800 bits per heavy atom. The van der Waals surface area contributed by atoms with Crippen molar-refractivity contribution in [2.75, 3.05) is 0 Å². The van der Waals surface area contributed by atoms with Crippen LogP contribution in [-0.4, -0.2) is 0 Å². The standard InChI is InChI=1S/C14H15P/c1-10-6-5-8-12(11(10)2)13-7-3-4-9-14(13)15/h3-9H,15H2,1-2H3. The van der Waals surface area contributed by atoms with E-state index >= 15 is 0 Å². The van der Waals surface area contributed by atoms with Crippen LogP contribution in [0.4, 0.5) is 0 Å². The maximum Gasteiger partial charge on any atom is -0.0110 e. The molecule has 0 saturated carbocycles. The molecule has 2 aromatic rings. The first kappa shape index (κ1) is 10.4. The van der Waals surface area contributed by atoms with Gasteiger partial charge < -0.3 is 0 Å². The van der Waals surface area contributed by atoms with Crippen molar-refractivity contribution in [1.82, 2.24) is 0 Å². The van der Waals surface area contributed by atoms with E-state index in [4.69, 9.17) is 0 Å². The molecular formula is C14H15P. The fraction of sp³-hybridized carbons (Fsp3) is 0.143. The smallest absolute Gasteiger partial charge is 0.0110 e. The van der Waals surface area contributed by atoms with Gasteiger partial charge in [-0.2, -0.15) is 0 Å². The third-order valence-corrected chi connectivity index (χ3v) is 3.36. The maximum atomic E-state index is 2.80. The zero-order valence-corrected chi connectivity index (χ0v) is 10.3. The van der Waals surface area contributed by atoms with Gasteiger partial charge in [0, 0.05) is 0 Å². The van der Waals surface area contributed by atoms with E-state index in [2.05, 4.69) is 65.6 Å². The molecule has 0 N–H and O–H groups in total. The lowest BCUT2D eigenvalue weighted by Crippen LogP contribution is -1.97. The van der Waals surface area contributed by atoms with Gasteiger partial charge in [0.1, 0.15) is 0 Å². The summed E-state index contributed by atoms with van der Waals surface area (Å²) in [5.41, 5.74) is 5.36. The number of rotatable bonds is 1. The highest BCUT2D eigenvalue weighted by Gasteiger charge is 2.05. The molecule has 76 valence electrons. The molecule has 0 spiro atoms. The van der Waals surface area contributed by atoms with Gasteiger partial charge in [0.2, 0.25) is 0 Å². The van der Waals surface area contributed by atoms with Gasteiger partial charge >= 0.3 is 0 Å². The van der Waals surface area contributed by atoms with Crippen LogP contribution in [0.5, 0.6) is 0 Å².